The Kier molecular flexibility index (Phi) is 7.58. The Balaban J connectivity index is 0.00000131. The van der Waals surface area contributed by atoms with E-state index in [1.165, 1.54) is 0 Å². The van der Waals surface area contributed by atoms with E-state index in [1.807, 2.05) is 41.9 Å². The Labute approximate surface area is 168 Å². The largest absolute Gasteiger partial charge is 0.412 e. The first-order valence-corrected chi connectivity index (χ1v) is 9.01. The van der Waals surface area contributed by atoms with Crippen LogP contribution in [0.25, 0.3) is 22.2 Å². The number of thiol groups is 1. The van der Waals surface area contributed by atoms with Gasteiger partial charge >= 0.3 is 0 Å². The number of aromatic amines is 1. The van der Waals surface area contributed by atoms with Gasteiger partial charge in [-0.05, 0) is 50.8 Å². The molecule has 0 aliphatic heterocycles. The summed E-state index contributed by atoms with van der Waals surface area (Å²) in [5.74, 6) is 0. The molecule has 0 atom stereocenters. The molecule has 1 aromatic carbocycles. The van der Waals surface area contributed by atoms with Crippen LogP contribution in [0.2, 0.25) is 0 Å². The minimum absolute atomic E-state index is 0. The smallest absolute Gasteiger partial charge is 0.259 e. The van der Waals surface area contributed by atoms with Crippen LogP contribution in [0.4, 0.5) is 0 Å². The highest BCUT2D eigenvalue weighted by atomic mass is 32.1. The van der Waals surface area contributed by atoms with Crippen LogP contribution >= 0.6 is 12.6 Å². The molecule has 1 aliphatic carbocycles. The van der Waals surface area contributed by atoms with Gasteiger partial charge in [0.25, 0.3) is 5.56 Å². The maximum absolute atomic E-state index is 12.5. The lowest BCUT2D eigenvalue weighted by molar-refractivity contribution is 0.00907. The van der Waals surface area contributed by atoms with Crippen molar-refractivity contribution in [3.05, 3.63) is 46.9 Å². The zero-order chi connectivity index (χ0) is 17.6. The maximum atomic E-state index is 12.5. The molecule has 3 aromatic rings. The van der Waals surface area contributed by atoms with Gasteiger partial charge in [0.1, 0.15) is 5.69 Å². The van der Waals surface area contributed by atoms with Crippen LogP contribution in [0.1, 0.15) is 38.6 Å². The number of rotatable bonds is 2. The van der Waals surface area contributed by atoms with Crippen molar-refractivity contribution < 1.29 is 16.1 Å². The molecule has 0 saturated heterocycles. The van der Waals surface area contributed by atoms with Gasteiger partial charge < -0.3 is 27.2 Å². The second kappa shape index (κ2) is 8.89. The number of fused-ring (bicyclic) bond motifs is 1. The standard InChI is InChI=1S/C19H21N3O2S.H3N.2H2O/c1-19(24)9-6-13(7-10-19)22-15-8-11-20-18(23)16(15)17(21-22)12-2-4-14(25)5-3-12;;;/h2-5,8,11,13,24-25H,6-7,9-10H2,1H3,(H,20,23);1H3;2*1H2. The second-order valence-electron chi connectivity index (χ2n) is 7.14. The molecule has 1 fully saturated rings. The number of pyridine rings is 1. The minimum Gasteiger partial charge on any atom is -0.412 e. The van der Waals surface area contributed by atoms with E-state index in [0.717, 1.165) is 41.7 Å². The third kappa shape index (κ3) is 4.29. The molecule has 8 nitrogen and oxygen atoms in total. The molecule has 4 rings (SSSR count). The Hall–Kier alpha value is -2.17. The second-order valence-corrected chi connectivity index (χ2v) is 7.65. The van der Waals surface area contributed by atoms with E-state index in [0.29, 0.717) is 11.1 Å². The quantitative estimate of drug-likeness (QED) is 0.476. The summed E-state index contributed by atoms with van der Waals surface area (Å²) < 4.78 is 1.98. The molecule has 9 N–H and O–H groups in total. The third-order valence-corrected chi connectivity index (χ3v) is 5.45. The van der Waals surface area contributed by atoms with E-state index in [-0.39, 0.29) is 28.7 Å². The van der Waals surface area contributed by atoms with Crippen LogP contribution in [0.3, 0.4) is 0 Å². The van der Waals surface area contributed by atoms with Gasteiger partial charge in [0.05, 0.1) is 22.5 Å². The highest BCUT2D eigenvalue weighted by Crippen LogP contribution is 2.37. The van der Waals surface area contributed by atoms with Crippen LogP contribution in [0.5, 0.6) is 0 Å². The summed E-state index contributed by atoms with van der Waals surface area (Å²) in [4.78, 5) is 16.1. The van der Waals surface area contributed by atoms with Gasteiger partial charge in [-0.1, -0.05) is 12.1 Å². The maximum Gasteiger partial charge on any atom is 0.259 e. The SMILES string of the molecule is CC1(O)CCC(n2nc(-c3ccc(S)cc3)c3c(=O)[nH]ccc32)CC1.N.O.O. The molecule has 0 bridgehead atoms. The van der Waals surface area contributed by atoms with Crippen molar-refractivity contribution in [2.45, 2.75) is 49.1 Å². The molecule has 154 valence electrons. The van der Waals surface area contributed by atoms with E-state index < -0.39 is 5.60 Å². The van der Waals surface area contributed by atoms with E-state index in [4.69, 9.17) is 5.10 Å². The molecule has 9 heteroatoms. The highest BCUT2D eigenvalue weighted by Gasteiger charge is 2.31. The zero-order valence-corrected chi connectivity index (χ0v) is 16.7. The molecular formula is C19H28N4O4S. The van der Waals surface area contributed by atoms with Crippen molar-refractivity contribution in [2.24, 2.45) is 0 Å². The predicted octanol–water partition coefficient (Wildman–Crippen LogP) is 2.06. The van der Waals surface area contributed by atoms with Crippen LogP contribution in [0.15, 0.2) is 46.2 Å². The molecular weight excluding hydrogens is 380 g/mol. The van der Waals surface area contributed by atoms with Crippen LogP contribution in [-0.4, -0.2) is 36.4 Å². The summed E-state index contributed by atoms with van der Waals surface area (Å²) in [6, 6.07) is 9.78. The summed E-state index contributed by atoms with van der Waals surface area (Å²) in [6.45, 7) is 1.89. The zero-order valence-electron chi connectivity index (χ0n) is 15.8. The number of H-pyrrole nitrogens is 1. The molecule has 28 heavy (non-hydrogen) atoms. The van der Waals surface area contributed by atoms with Gasteiger partial charge in [-0.2, -0.15) is 5.10 Å². The molecule has 2 heterocycles. The summed E-state index contributed by atoms with van der Waals surface area (Å²) >= 11 is 4.33. The van der Waals surface area contributed by atoms with Crippen LogP contribution < -0.4 is 11.7 Å². The lowest BCUT2D eigenvalue weighted by atomic mass is 9.84. The van der Waals surface area contributed by atoms with E-state index in [1.54, 1.807) is 6.20 Å². The molecule has 0 amide bonds. The van der Waals surface area contributed by atoms with E-state index >= 15 is 0 Å². The van der Waals surface area contributed by atoms with Gasteiger partial charge in [-0.3, -0.25) is 9.48 Å². The first-order chi connectivity index (χ1) is 11.9. The molecule has 2 aromatic heterocycles. The van der Waals surface area contributed by atoms with Crippen molar-refractivity contribution in [2.75, 3.05) is 0 Å². The van der Waals surface area contributed by atoms with E-state index in [9.17, 15) is 9.90 Å². The summed E-state index contributed by atoms with van der Waals surface area (Å²) in [7, 11) is 0. The first-order valence-electron chi connectivity index (χ1n) is 8.56. The molecule has 1 saturated carbocycles. The average Bonchev–Trinajstić information content (AvgIpc) is 2.97. The van der Waals surface area contributed by atoms with Crippen molar-refractivity contribution in [1.29, 1.82) is 0 Å². The van der Waals surface area contributed by atoms with Gasteiger partial charge in [0.15, 0.2) is 0 Å². The molecule has 0 radical (unpaired) electrons. The predicted molar refractivity (Wildman–Crippen MR) is 113 cm³/mol. The number of nitrogens with zero attached hydrogens (tertiary/aromatic N) is 2. The lowest BCUT2D eigenvalue weighted by Crippen LogP contribution is -2.31. The third-order valence-electron chi connectivity index (χ3n) is 5.15. The van der Waals surface area contributed by atoms with Gasteiger partial charge in [-0.15, -0.1) is 12.6 Å². The monoisotopic (exact) mass is 408 g/mol. The average molecular weight is 409 g/mol. The fourth-order valence-electron chi connectivity index (χ4n) is 3.67. The van der Waals surface area contributed by atoms with Gasteiger partial charge in [0.2, 0.25) is 0 Å². The Morgan fingerprint density at radius 3 is 2.39 bits per heavy atom. The van der Waals surface area contributed by atoms with Crippen molar-refractivity contribution in [3.8, 4) is 11.3 Å². The number of nitrogens with one attached hydrogen (secondary N) is 1. The number of hydrogen-bond acceptors (Lipinski definition) is 5. The normalized spacial score (nSPS) is 21.3. The van der Waals surface area contributed by atoms with Gasteiger partial charge in [0, 0.05) is 16.7 Å². The van der Waals surface area contributed by atoms with E-state index in [2.05, 4.69) is 17.6 Å². The Morgan fingerprint density at radius 1 is 1.18 bits per heavy atom. The summed E-state index contributed by atoms with van der Waals surface area (Å²) in [5.41, 5.74) is 1.72. The number of benzene rings is 1. The Morgan fingerprint density at radius 2 is 1.79 bits per heavy atom. The van der Waals surface area contributed by atoms with Crippen molar-refractivity contribution in [1.82, 2.24) is 20.9 Å². The van der Waals surface area contributed by atoms with Crippen molar-refractivity contribution in [3.63, 3.8) is 0 Å². The van der Waals surface area contributed by atoms with Gasteiger partial charge in [-0.25, -0.2) is 0 Å². The Bertz CT molecular complexity index is 972. The van der Waals surface area contributed by atoms with Crippen LogP contribution in [-0.2, 0) is 0 Å². The molecule has 0 spiro atoms. The summed E-state index contributed by atoms with van der Waals surface area (Å²) in [6.07, 6.45) is 4.86. The topological polar surface area (TPSA) is 169 Å². The van der Waals surface area contributed by atoms with Crippen LogP contribution in [0, 0.1) is 0 Å². The first kappa shape index (κ1) is 23.9. The lowest BCUT2D eigenvalue weighted by Gasteiger charge is -2.33. The molecule has 0 unspecified atom stereocenters. The number of aromatic nitrogens is 3. The van der Waals surface area contributed by atoms with Crippen molar-refractivity contribution >= 4 is 23.5 Å². The fourth-order valence-corrected chi connectivity index (χ4v) is 3.82. The fraction of sp³-hybridized carbons (Fsp3) is 0.368. The number of hydrogen-bond donors (Lipinski definition) is 4. The summed E-state index contributed by atoms with van der Waals surface area (Å²) in [5, 5.41) is 15.6. The minimum atomic E-state index is -0.595. The highest BCUT2D eigenvalue weighted by molar-refractivity contribution is 7.80. The molecule has 1 aliphatic rings. The number of aliphatic hydroxyl groups is 1.